The van der Waals surface area contributed by atoms with E-state index >= 15 is 8.78 Å². The van der Waals surface area contributed by atoms with Crippen molar-refractivity contribution in [1.29, 1.82) is 0 Å². The highest BCUT2D eigenvalue weighted by atomic mass is 19.4. The van der Waals surface area contributed by atoms with E-state index in [1.165, 1.54) is 0 Å². The van der Waals surface area contributed by atoms with Gasteiger partial charge in [-0.3, -0.25) is 9.88 Å². The lowest BCUT2D eigenvalue weighted by Gasteiger charge is -2.41. The van der Waals surface area contributed by atoms with Gasteiger partial charge in [0.15, 0.2) is 11.6 Å². The van der Waals surface area contributed by atoms with Crippen LogP contribution in [0.4, 0.5) is 42.2 Å². The van der Waals surface area contributed by atoms with E-state index in [1.807, 2.05) is 4.90 Å². The predicted octanol–water partition coefficient (Wildman–Crippen LogP) is 5.60. The highest BCUT2D eigenvalue weighted by Gasteiger charge is 2.49. The predicted molar refractivity (Wildman–Crippen MR) is 163 cm³/mol. The summed E-state index contributed by atoms with van der Waals surface area (Å²) in [6.07, 6.45) is -3.32. The SMILES string of the molecule is [2H]C([2H])([2H])OCC12CCC(CN(c3nc(OC[C@@]45CCCN4CC(=C(F)F)C5)nc4c(F)c(-c5c(F)c(N)cc(C)c5C(F)(F)F)ncc34)C1)N2. The van der Waals surface area contributed by atoms with E-state index in [9.17, 15) is 22.0 Å². The summed E-state index contributed by atoms with van der Waals surface area (Å²) in [5.74, 6) is -2.81. The van der Waals surface area contributed by atoms with E-state index in [-0.39, 0.29) is 61.6 Å². The van der Waals surface area contributed by atoms with Crippen LogP contribution < -0.4 is 20.7 Å². The summed E-state index contributed by atoms with van der Waals surface area (Å²) in [5.41, 5.74) is -1.17. The number of hydrogen-bond acceptors (Lipinski definition) is 9. The number of pyridine rings is 1. The van der Waals surface area contributed by atoms with E-state index in [1.54, 1.807) is 4.90 Å². The maximum absolute atomic E-state index is 16.7. The van der Waals surface area contributed by atoms with Crippen LogP contribution in [-0.4, -0.2) is 83.4 Å². The highest BCUT2D eigenvalue weighted by molar-refractivity contribution is 5.92. The number of halogens is 7. The van der Waals surface area contributed by atoms with Crippen molar-refractivity contribution < 1.29 is 44.3 Å². The Morgan fingerprint density at radius 3 is 2.75 bits per heavy atom. The van der Waals surface area contributed by atoms with Crippen LogP contribution in [0, 0.1) is 18.6 Å². The monoisotopic (exact) mass is 684 g/mol. The van der Waals surface area contributed by atoms with Crippen molar-refractivity contribution >= 4 is 22.4 Å². The minimum atomic E-state index is -5.10. The Morgan fingerprint density at radius 2 is 2.00 bits per heavy atom. The van der Waals surface area contributed by atoms with Crippen LogP contribution in [0.5, 0.6) is 6.01 Å². The number of hydrogen-bond donors (Lipinski definition) is 2. The zero-order valence-electron chi connectivity index (χ0n) is 28.8. The Kier molecular flexibility index (Phi) is 7.11. The summed E-state index contributed by atoms with van der Waals surface area (Å²) in [6, 6.07) is 0.266. The zero-order chi connectivity index (χ0) is 36.7. The van der Waals surface area contributed by atoms with Gasteiger partial charge in [0, 0.05) is 44.5 Å². The lowest BCUT2D eigenvalue weighted by molar-refractivity contribution is -0.137. The Hall–Kier alpha value is -3.76. The number of nitrogens with zero attached hydrogens (tertiary/aromatic N) is 5. The number of rotatable bonds is 7. The number of fused-ring (bicyclic) bond motifs is 4. The van der Waals surface area contributed by atoms with E-state index in [0.29, 0.717) is 32.4 Å². The Bertz CT molecular complexity index is 1930. The molecule has 3 atom stereocenters. The van der Waals surface area contributed by atoms with Crippen molar-refractivity contribution in [2.24, 2.45) is 0 Å². The van der Waals surface area contributed by atoms with Crippen molar-refractivity contribution in [2.45, 2.75) is 62.3 Å². The first-order valence-electron chi connectivity index (χ1n) is 17.0. The molecular formula is C32H34F7N7O2. The molecule has 2 aromatic heterocycles. The second kappa shape index (κ2) is 11.7. The van der Waals surface area contributed by atoms with Crippen LogP contribution in [0.25, 0.3) is 22.2 Å². The summed E-state index contributed by atoms with van der Waals surface area (Å²) in [7, 11) is -2.67. The fourth-order valence-electron chi connectivity index (χ4n) is 8.02. The van der Waals surface area contributed by atoms with Crippen LogP contribution >= 0.6 is 0 Å². The minimum Gasteiger partial charge on any atom is -0.461 e. The van der Waals surface area contributed by atoms with Crippen molar-refractivity contribution in [1.82, 2.24) is 25.2 Å². The first kappa shape index (κ1) is 29.2. The van der Waals surface area contributed by atoms with Crippen LogP contribution in [0.1, 0.15) is 47.3 Å². The zero-order valence-corrected chi connectivity index (χ0v) is 25.8. The molecule has 4 saturated heterocycles. The normalized spacial score (nSPS) is 26.9. The lowest BCUT2D eigenvalue weighted by Crippen LogP contribution is -2.61. The van der Waals surface area contributed by atoms with Gasteiger partial charge in [-0.05, 0) is 57.2 Å². The van der Waals surface area contributed by atoms with Crippen molar-refractivity contribution in [3.05, 3.63) is 46.7 Å². The summed E-state index contributed by atoms with van der Waals surface area (Å²) < 4.78 is 136. The topological polar surface area (TPSA) is 102 Å². The third-order valence-corrected chi connectivity index (χ3v) is 10.1. The summed E-state index contributed by atoms with van der Waals surface area (Å²) in [6.45, 7) is 1.81. The van der Waals surface area contributed by atoms with E-state index in [2.05, 4.69) is 20.3 Å². The largest absolute Gasteiger partial charge is 0.461 e. The average molecular weight is 685 g/mol. The molecule has 4 aliphatic rings. The number of methoxy groups -OCH3 is 1. The Morgan fingerprint density at radius 1 is 1.19 bits per heavy atom. The number of benzene rings is 1. The number of nitrogens with one attached hydrogen (secondary N) is 1. The first-order valence-corrected chi connectivity index (χ1v) is 15.5. The molecule has 16 heteroatoms. The second-order valence-electron chi connectivity index (χ2n) is 13.3. The first-order chi connectivity index (χ1) is 23.9. The molecule has 7 rings (SSSR count). The third-order valence-electron chi connectivity index (χ3n) is 10.1. The molecule has 1 aromatic carbocycles. The molecule has 4 fully saturated rings. The fourth-order valence-corrected chi connectivity index (χ4v) is 8.02. The quantitative estimate of drug-likeness (QED) is 0.243. The van der Waals surface area contributed by atoms with E-state index < -0.39 is 75.6 Å². The van der Waals surface area contributed by atoms with Gasteiger partial charge in [-0.2, -0.15) is 31.9 Å². The molecule has 0 radical (unpaired) electrons. The molecule has 3 N–H and O–H groups in total. The Labute approximate surface area is 275 Å². The Balaban J connectivity index is 1.35. The maximum Gasteiger partial charge on any atom is 0.417 e. The van der Waals surface area contributed by atoms with Crippen LogP contribution in [0.2, 0.25) is 0 Å². The molecule has 3 aromatic rings. The number of nitrogens with two attached hydrogens (primary N) is 1. The van der Waals surface area contributed by atoms with Crippen LogP contribution in [-0.2, 0) is 10.9 Å². The lowest BCUT2D eigenvalue weighted by atomic mass is 9.94. The maximum atomic E-state index is 16.7. The van der Waals surface area contributed by atoms with Crippen LogP contribution in [0.15, 0.2) is 23.9 Å². The van der Waals surface area contributed by atoms with E-state index in [4.69, 9.17) is 19.3 Å². The number of aryl methyl sites for hydroxylation is 1. The molecule has 48 heavy (non-hydrogen) atoms. The van der Waals surface area contributed by atoms with Gasteiger partial charge in [0.2, 0.25) is 0 Å². The molecule has 9 nitrogen and oxygen atoms in total. The average Bonchev–Trinajstić information content (AvgIpc) is 3.70. The molecular weight excluding hydrogens is 647 g/mol. The summed E-state index contributed by atoms with van der Waals surface area (Å²) in [4.78, 5) is 16.4. The summed E-state index contributed by atoms with van der Waals surface area (Å²) in [5, 5.41) is 3.38. The molecule has 2 unspecified atom stereocenters. The smallest absolute Gasteiger partial charge is 0.417 e. The van der Waals surface area contributed by atoms with Gasteiger partial charge in [0.1, 0.15) is 23.6 Å². The number of aromatic nitrogens is 3. The van der Waals surface area contributed by atoms with E-state index in [0.717, 1.165) is 25.6 Å². The van der Waals surface area contributed by atoms with Gasteiger partial charge in [0.05, 0.1) is 44.0 Å². The highest BCUT2D eigenvalue weighted by Crippen LogP contribution is 2.45. The van der Waals surface area contributed by atoms with Gasteiger partial charge in [0.25, 0.3) is 6.08 Å². The van der Waals surface area contributed by atoms with Crippen LogP contribution in [0.3, 0.4) is 0 Å². The number of nitrogen functional groups attached to an aromatic ring is 1. The molecule has 2 bridgehead atoms. The molecule has 0 amide bonds. The minimum absolute atomic E-state index is 0.0130. The van der Waals surface area contributed by atoms with Gasteiger partial charge in [-0.25, -0.2) is 8.78 Å². The number of anilines is 2. The number of alkyl halides is 3. The number of piperazine rings is 1. The third kappa shape index (κ3) is 5.41. The van der Waals surface area contributed by atoms with Gasteiger partial charge < -0.3 is 25.4 Å². The van der Waals surface area contributed by atoms with Crippen molar-refractivity contribution in [2.75, 3.05) is 57.1 Å². The fraction of sp³-hybridized carbons (Fsp3) is 0.531. The van der Waals surface area contributed by atoms with Gasteiger partial charge >= 0.3 is 12.2 Å². The molecule has 0 spiro atoms. The second-order valence-corrected chi connectivity index (χ2v) is 13.3. The standard InChI is InChI=1S/C32H34F7N7O2/c1-16-8-20(40)23(33)21(22(16)32(37,38)39)26-24(34)25-19(10-41-26)28(45-12-18-4-6-30(13-45,44-18)14-47-2)43-29(42-25)48-15-31-5-3-7-46(31)11-17(9-31)27(35)36/h8,10,18,44H,3-7,9,11-15,40H2,1-2H3/t18?,30?,31-/m0/s1/i2D3. The molecule has 0 aliphatic carbocycles. The van der Waals surface area contributed by atoms with Gasteiger partial charge in [-0.1, -0.05) is 0 Å². The van der Waals surface area contributed by atoms with Crippen molar-refractivity contribution in [3.8, 4) is 17.3 Å². The van der Waals surface area contributed by atoms with Crippen molar-refractivity contribution in [3.63, 3.8) is 0 Å². The molecule has 4 aliphatic heterocycles. The molecule has 6 heterocycles. The van der Waals surface area contributed by atoms with Gasteiger partial charge in [-0.15, -0.1) is 0 Å². The molecule has 0 saturated carbocycles. The number of ether oxygens (including phenoxy) is 2. The molecule has 258 valence electrons. The summed E-state index contributed by atoms with van der Waals surface area (Å²) >= 11 is 0.